The van der Waals surface area contributed by atoms with Crippen molar-refractivity contribution >= 4 is 50.6 Å². The molecule has 4 heteroatoms. The van der Waals surface area contributed by atoms with Crippen LogP contribution < -0.4 is 0 Å². The summed E-state index contributed by atoms with van der Waals surface area (Å²) in [5.74, 6) is 0. The maximum Gasteiger partial charge on any atom is 0.0882 e. The fourth-order valence-electron chi connectivity index (χ4n) is 0.621. The number of rotatable bonds is 1. The van der Waals surface area contributed by atoms with Crippen LogP contribution in [0.2, 0.25) is 5.02 Å². The lowest BCUT2D eigenvalue weighted by atomic mass is 10.3. The Bertz CT molecular complexity index is 320. The van der Waals surface area contributed by atoms with Gasteiger partial charge >= 0.3 is 0 Å². The van der Waals surface area contributed by atoms with Crippen molar-refractivity contribution in [1.82, 2.24) is 0 Å². The molecule has 0 aliphatic rings. The second kappa shape index (κ2) is 3.98. The van der Waals surface area contributed by atoms with Crippen LogP contribution in [0.3, 0.4) is 0 Å². The van der Waals surface area contributed by atoms with Gasteiger partial charge in [-0.15, -0.1) is 0 Å². The van der Waals surface area contributed by atoms with Crippen molar-refractivity contribution in [2.45, 2.75) is 0 Å². The molecule has 1 nitrogen and oxygen atoms in total. The molecule has 0 N–H and O–H groups in total. The predicted octanol–water partition coefficient (Wildman–Crippen LogP) is 3.84. The van der Waals surface area contributed by atoms with Crippen molar-refractivity contribution < 1.29 is 0 Å². The highest BCUT2D eigenvalue weighted by atomic mass is 79.9. The fourth-order valence-corrected chi connectivity index (χ4v) is 1.49. The third kappa shape index (κ3) is 2.38. The lowest BCUT2D eigenvalue weighted by Crippen LogP contribution is -1.67. The van der Waals surface area contributed by atoms with Gasteiger partial charge in [0.2, 0.25) is 0 Å². The molecular weight excluding hydrogens is 246 g/mol. The fraction of sp³-hybridized carbons (Fsp3) is 0. The molecule has 1 rings (SSSR count). The summed E-state index contributed by atoms with van der Waals surface area (Å²) in [6, 6.07) is 5.27. The maximum absolute atomic E-state index is 5.70. The molecule has 0 saturated carbocycles. The largest absolute Gasteiger partial charge is 0.194 e. The van der Waals surface area contributed by atoms with Crippen LogP contribution in [0.5, 0.6) is 0 Å². The summed E-state index contributed by atoms with van der Waals surface area (Å²) in [5, 5.41) is 2.95. The SMILES string of the molecule is S=C=Nc1ccc(Cl)cc1Br. The van der Waals surface area contributed by atoms with Gasteiger partial charge in [-0.1, -0.05) is 11.6 Å². The van der Waals surface area contributed by atoms with Gasteiger partial charge in [-0.05, 0) is 46.3 Å². The van der Waals surface area contributed by atoms with E-state index in [9.17, 15) is 0 Å². The Labute approximate surface area is 83.2 Å². The highest BCUT2D eigenvalue weighted by Gasteiger charge is 1.96. The minimum atomic E-state index is 0.667. The van der Waals surface area contributed by atoms with E-state index in [1.54, 1.807) is 18.2 Å². The van der Waals surface area contributed by atoms with Gasteiger partial charge in [-0.2, -0.15) is 4.99 Å². The maximum atomic E-state index is 5.70. The number of halogens is 2. The molecule has 0 bridgehead atoms. The molecule has 0 aliphatic carbocycles. The summed E-state index contributed by atoms with van der Waals surface area (Å²) in [4.78, 5) is 3.81. The third-order valence-corrected chi connectivity index (χ3v) is 2.04. The number of hydrogen-bond acceptors (Lipinski definition) is 2. The first-order chi connectivity index (χ1) is 5.24. The first-order valence-corrected chi connectivity index (χ1v) is 4.35. The molecule has 0 saturated heterocycles. The minimum absolute atomic E-state index is 0.667. The smallest absolute Gasteiger partial charge is 0.0882 e. The Morgan fingerprint density at radius 3 is 2.82 bits per heavy atom. The number of benzene rings is 1. The van der Waals surface area contributed by atoms with Gasteiger partial charge < -0.3 is 0 Å². The number of thiocarbonyl (C=S) groups is 1. The monoisotopic (exact) mass is 247 g/mol. The standard InChI is InChI=1S/C7H3BrClNS/c8-6-3-5(9)1-2-7(6)10-4-11/h1-3H. The summed E-state index contributed by atoms with van der Waals surface area (Å²) >= 11 is 13.4. The van der Waals surface area contributed by atoms with E-state index in [-0.39, 0.29) is 0 Å². The van der Waals surface area contributed by atoms with E-state index in [4.69, 9.17) is 11.6 Å². The van der Waals surface area contributed by atoms with Crippen LogP contribution in [0.25, 0.3) is 0 Å². The Morgan fingerprint density at radius 2 is 2.27 bits per heavy atom. The first-order valence-electron chi connectivity index (χ1n) is 2.77. The highest BCUT2D eigenvalue weighted by molar-refractivity contribution is 9.10. The summed E-state index contributed by atoms with van der Waals surface area (Å²) in [5.41, 5.74) is 0.740. The van der Waals surface area contributed by atoms with E-state index in [0.29, 0.717) is 5.02 Å². The normalized spacial score (nSPS) is 8.91. The Morgan fingerprint density at radius 1 is 1.55 bits per heavy atom. The van der Waals surface area contributed by atoms with Crippen LogP contribution >= 0.6 is 39.7 Å². The van der Waals surface area contributed by atoms with Crippen molar-refractivity contribution in [2.75, 3.05) is 0 Å². The molecule has 0 aromatic heterocycles. The number of nitrogens with zero attached hydrogens (tertiary/aromatic N) is 1. The lowest BCUT2D eigenvalue weighted by Gasteiger charge is -1.95. The number of isothiocyanates is 1. The van der Waals surface area contributed by atoms with E-state index in [0.717, 1.165) is 10.2 Å². The third-order valence-electron chi connectivity index (χ3n) is 1.08. The Kier molecular flexibility index (Phi) is 3.21. The van der Waals surface area contributed by atoms with E-state index < -0.39 is 0 Å². The van der Waals surface area contributed by atoms with Gasteiger partial charge in [-0.25, -0.2) is 0 Å². The second-order valence-corrected chi connectivity index (χ2v) is 3.27. The molecule has 1 aromatic rings. The molecular formula is C7H3BrClNS. The van der Waals surface area contributed by atoms with Gasteiger partial charge in [0, 0.05) is 9.50 Å². The highest BCUT2D eigenvalue weighted by Crippen LogP contribution is 2.27. The quantitative estimate of drug-likeness (QED) is 0.543. The molecule has 56 valence electrons. The molecule has 0 aliphatic heterocycles. The first kappa shape index (κ1) is 8.88. The lowest BCUT2D eigenvalue weighted by molar-refractivity contribution is 1.51. The average Bonchev–Trinajstić information content (AvgIpc) is 1.95. The van der Waals surface area contributed by atoms with Gasteiger partial charge in [0.05, 0.1) is 10.8 Å². The molecule has 0 amide bonds. The van der Waals surface area contributed by atoms with Crippen LogP contribution in [-0.2, 0) is 0 Å². The van der Waals surface area contributed by atoms with E-state index in [1.807, 2.05) is 0 Å². The van der Waals surface area contributed by atoms with Crippen LogP contribution in [0.1, 0.15) is 0 Å². The molecule has 0 spiro atoms. The van der Waals surface area contributed by atoms with Gasteiger partial charge in [-0.3, -0.25) is 0 Å². The van der Waals surface area contributed by atoms with Crippen molar-refractivity contribution in [2.24, 2.45) is 4.99 Å². The van der Waals surface area contributed by atoms with Crippen LogP contribution in [-0.4, -0.2) is 5.16 Å². The number of aliphatic imine (C=N–C) groups is 1. The zero-order valence-corrected chi connectivity index (χ0v) is 8.50. The molecule has 0 radical (unpaired) electrons. The predicted molar refractivity (Wildman–Crippen MR) is 53.8 cm³/mol. The zero-order valence-electron chi connectivity index (χ0n) is 5.34. The second-order valence-electron chi connectivity index (χ2n) is 1.80. The molecule has 11 heavy (non-hydrogen) atoms. The van der Waals surface area contributed by atoms with E-state index in [2.05, 4.69) is 38.3 Å². The Hall–Kier alpha value is -0.210. The molecule has 1 aromatic carbocycles. The zero-order chi connectivity index (χ0) is 8.27. The van der Waals surface area contributed by atoms with Crippen molar-refractivity contribution in [3.63, 3.8) is 0 Å². The van der Waals surface area contributed by atoms with E-state index in [1.165, 1.54) is 0 Å². The van der Waals surface area contributed by atoms with Crippen LogP contribution in [0.15, 0.2) is 27.7 Å². The molecule has 0 fully saturated rings. The summed E-state index contributed by atoms with van der Waals surface area (Å²) in [6.07, 6.45) is 0. The van der Waals surface area contributed by atoms with E-state index >= 15 is 0 Å². The topological polar surface area (TPSA) is 12.4 Å². The Balaban J connectivity index is 3.19. The number of hydrogen-bond donors (Lipinski definition) is 0. The van der Waals surface area contributed by atoms with Crippen LogP contribution in [0, 0.1) is 0 Å². The van der Waals surface area contributed by atoms with Crippen molar-refractivity contribution in [1.29, 1.82) is 0 Å². The molecule has 0 atom stereocenters. The van der Waals surface area contributed by atoms with Crippen LogP contribution in [0.4, 0.5) is 5.69 Å². The van der Waals surface area contributed by atoms with Gasteiger partial charge in [0.1, 0.15) is 0 Å². The minimum Gasteiger partial charge on any atom is -0.194 e. The summed E-state index contributed by atoms with van der Waals surface area (Å²) < 4.78 is 0.822. The molecule has 0 heterocycles. The summed E-state index contributed by atoms with van der Waals surface area (Å²) in [6.45, 7) is 0. The average molecular weight is 249 g/mol. The molecule has 0 unspecified atom stereocenters. The van der Waals surface area contributed by atoms with Crippen molar-refractivity contribution in [3.8, 4) is 0 Å². The van der Waals surface area contributed by atoms with Gasteiger partial charge in [0.15, 0.2) is 0 Å². The summed E-state index contributed by atoms with van der Waals surface area (Å²) in [7, 11) is 0. The van der Waals surface area contributed by atoms with Gasteiger partial charge in [0.25, 0.3) is 0 Å². The van der Waals surface area contributed by atoms with Crippen molar-refractivity contribution in [3.05, 3.63) is 27.7 Å².